The lowest BCUT2D eigenvalue weighted by molar-refractivity contribution is 0.0589. The molecule has 82 valence electrons. The van der Waals surface area contributed by atoms with Gasteiger partial charge >= 0.3 is 5.97 Å². The van der Waals surface area contributed by atoms with Crippen molar-refractivity contribution in [3.63, 3.8) is 0 Å². The molecule has 4 heteroatoms. The molecule has 0 saturated heterocycles. The van der Waals surface area contributed by atoms with Crippen LogP contribution in [0.5, 0.6) is 0 Å². The van der Waals surface area contributed by atoms with Gasteiger partial charge in [0, 0.05) is 12.7 Å². The fourth-order valence-corrected chi connectivity index (χ4v) is 1.24. The van der Waals surface area contributed by atoms with E-state index in [0.29, 0.717) is 17.9 Å². The Morgan fingerprint density at radius 3 is 2.80 bits per heavy atom. The normalized spacial score (nSPS) is 9.80. The highest BCUT2D eigenvalue weighted by Gasteiger charge is 2.11. The standard InChI is InChI=1S/C11H16N2O2/c1-8(2)4-5-13-7-9(12)6-10(13)11(14)15-3/h4,6-7H,5,12H2,1-3H3. The second-order valence-electron chi connectivity index (χ2n) is 3.58. The number of nitrogens with zero attached hydrogens (tertiary/aromatic N) is 1. The van der Waals surface area contributed by atoms with Crippen molar-refractivity contribution in [2.45, 2.75) is 20.4 Å². The van der Waals surface area contributed by atoms with Gasteiger partial charge in [0.15, 0.2) is 0 Å². The van der Waals surface area contributed by atoms with Gasteiger partial charge in [-0.05, 0) is 19.9 Å². The molecule has 4 nitrogen and oxygen atoms in total. The fourth-order valence-electron chi connectivity index (χ4n) is 1.24. The van der Waals surface area contributed by atoms with Crippen LogP contribution in [-0.4, -0.2) is 17.6 Å². The fraction of sp³-hybridized carbons (Fsp3) is 0.364. The quantitative estimate of drug-likeness (QED) is 0.609. The number of aromatic nitrogens is 1. The number of anilines is 1. The Kier molecular flexibility index (Phi) is 3.55. The molecule has 0 aliphatic carbocycles. The van der Waals surface area contributed by atoms with Crippen molar-refractivity contribution in [3.05, 3.63) is 29.6 Å². The number of methoxy groups -OCH3 is 1. The summed E-state index contributed by atoms with van der Waals surface area (Å²) in [4.78, 5) is 11.4. The maximum absolute atomic E-state index is 11.4. The first-order valence-electron chi connectivity index (χ1n) is 4.72. The molecule has 0 aromatic carbocycles. The molecule has 1 aromatic rings. The summed E-state index contributed by atoms with van der Waals surface area (Å²) in [6, 6.07) is 1.62. The Morgan fingerprint density at radius 2 is 2.27 bits per heavy atom. The number of allylic oxidation sites excluding steroid dienone is 2. The van der Waals surface area contributed by atoms with Crippen molar-refractivity contribution in [3.8, 4) is 0 Å². The van der Waals surface area contributed by atoms with Gasteiger partial charge in [0.2, 0.25) is 0 Å². The largest absolute Gasteiger partial charge is 0.464 e. The summed E-state index contributed by atoms with van der Waals surface area (Å²) in [6.45, 7) is 4.64. The molecule has 0 amide bonds. The summed E-state index contributed by atoms with van der Waals surface area (Å²) < 4.78 is 6.43. The topological polar surface area (TPSA) is 57.2 Å². The highest BCUT2D eigenvalue weighted by molar-refractivity contribution is 5.88. The monoisotopic (exact) mass is 208 g/mol. The van der Waals surface area contributed by atoms with E-state index in [-0.39, 0.29) is 5.97 Å². The minimum absolute atomic E-state index is 0.367. The van der Waals surface area contributed by atoms with Gasteiger partial charge in [0.25, 0.3) is 0 Å². The first kappa shape index (κ1) is 11.4. The van der Waals surface area contributed by atoms with Crippen LogP contribution >= 0.6 is 0 Å². The summed E-state index contributed by atoms with van der Waals surface area (Å²) in [7, 11) is 1.36. The lowest BCUT2D eigenvalue weighted by Crippen LogP contribution is -2.09. The van der Waals surface area contributed by atoms with Gasteiger partial charge in [-0.2, -0.15) is 0 Å². The van der Waals surface area contributed by atoms with Crippen molar-refractivity contribution in [1.29, 1.82) is 0 Å². The van der Waals surface area contributed by atoms with Gasteiger partial charge in [-0.15, -0.1) is 0 Å². The summed E-state index contributed by atoms with van der Waals surface area (Å²) in [6.07, 6.45) is 3.75. The summed E-state index contributed by atoms with van der Waals surface area (Å²) in [5.74, 6) is -0.367. The molecule has 0 unspecified atom stereocenters. The number of nitrogens with two attached hydrogens (primary N) is 1. The lowest BCUT2D eigenvalue weighted by atomic mass is 10.3. The van der Waals surface area contributed by atoms with Crippen molar-refractivity contribution < 1.29 is 9.53 Å². The molecule has 1 heterocycles. The van der Waals surface area contributed by atoms with Gasteiger partial charge in [-0.25, -0.2) is 4.79 Å². The third-order valence-electron chi connectivity index (χ3n) is 2.01. The number of carbonyl (C=O) groups is 1. The molecular weight excluding hydrogens is 192 g/mol. The highest BCUT2D eigenvalue weighted by Crippen LogP contribution is 2.12. The van der Waals surface area contributed by atoms with Crippen LogP contribution in [0.1, 0.15) is 24.3 Å². The second-order valence-corrected chi connectivity index (χ2v) is 3.58. The number of rotatable bonds is 3. The van der Waals surface area contributed by atoms with Gasteiger partial charge in [0.05, 0.1) is 12.8 Å². The zero-order valence-corrected chi connectivity index (χ0v) is 9.28. The van der Waals surface area contributed by atoms with Crippen molar-refractivity contribution in [2.24, 2.45) is 0 Å². The number of hydrogen-bond acceptors (Lipinski definition) is 3. The maximum Gasteiger partial charge on any atom is 0.354 e. The highest BCUT2D eigenvalue weighted by atomic mass is 16.5. The van der Waals surface area contributed by atoms with Gasteiger partial charge in [0.1, 0.15) is 5.69 Å². The average Bonchev–Trinajstić information content (AvgIpc) is 2.55. The van der Waals surface area contributed by atoms with Gasteiger partial charge in [-0.3, -0.25) is 0 Å². The third-order valence-corrected chi connectivity index (χ3v) is 2.01. The molecule has 0 aliphatic heterocycles. The van der Waals surface area contributed by atoms with Crippen LogP contribution < -0.4 is 5.73 Å². The third kappa shape index (κ3) is 2.87. The zero-order chi connectivity index (χ0) is 11.4. The Hall–Kier alpha value is -1.71. The van der Waals surface area contributed by atoms with Crippen molar-refractivity contribution in [2.75, 3.05) is 12.8 Å². The molecule has 15 heavy (non-hydrogen) atoms. The number of esters is 1. The molecular formula is C11H16N2O2. The maximum atomic E-state index is 11.4. The van der Waals surface area contributed by atoms with Crippen LogP contribution in [0.3, 0.4) is 0 Å². The van der Waals surface area contributed by atoms with Crippen molar-refractivity contribution in [1.82, 2.24) is 4.57 Å². The molecule has 0 fully saturated rings. The summed E-state index contributed by atoms with van der Waals surface area (Å²) >= 11 is 0. The summed E-state index contributed by atoms with van der Waals surface area (Å²) in [5.41, 5.74) is 7.87. The number of ether oxygens (including phenoxy) is 1. The molecule has 2 N–H and O–H groups in total. The molecule has 0 bridgehead atoms. The number of hydrogen-bond donors (Lipinski definition) is 1. The predicted octanol–water partition coefficient (Wildman–Crippen LogP) is 1.82. The Balaban J connectivity index is 2.96. The zero-order valence-electron chi connectivity index (χ0n) is 9.28. The molecule has 0 atom stereocenters. The molecule has 0 radical (unpaired) electrons. The van der Waals surface area contributed by atoms with E-state index in [9.17, 15) is 4.79 Å². The van der Waals surface area contributed by atoms with Crippen LogP contribution in [0.25, 0.3) is 0 Å². The van der Waals surface area contributed by atoms with Crippen LogP contribution in [0, 0.1) is 0 Å². The van der Waals surface area contributed by atoms with Crippen LogP contribution in [0.4, 0.5) is 5.69 Å². The first-order valence-corrected chi connectivity index (χ1v) is 4.72. The van der Waals surface area contributed by atoms with E-state index in [1.807, 2.05) is 19.9 Å². The minimum atomic E-state index is -0.367. The molecule has 0 saturated carbocycles. The predicted molar refractivity (Wildman–Crippen MR) is 59.6 cm³/mol. The van der Waals surface area contributed by atoms with Crippen molar-refractivity contribution >= 4 is 11.7 Å². The van der Waals surface area contributed by atoms with Gasteiger partial charge in [-0.1, -0.05) is 11.6 Å². The number of nitrogen functional groups attached to an aromatic ring is 1. The minimum Gasteiger partial charge on any atom is -0.464 e. The van der Waals surface area contributed by atoms with Gasteiger partial charge < -0.3 is 15.0 Å². The van der Waals surface area contributed by atoms with E-state index in [0.717, 1.165) is 0 Å². The first-order chi connectivity index (χ1) is 7.04. The Bertz CT molecular complexity index is 387. The molecule has 1 rings (SSSR count). The van der Waals surface area contributed by atoms with E-state index < -0.39 is 0 Å². The van der Waals surface area contributed by atoms with E-state index >= 15 is 0 Å². The van der Waals surface area contributed by atoms with Crippen LogP contribution in [-0.2, 0) is 11.3 Å². The average molecular weight is 208 g/mol. The van der Waals surface area contributed by atoms with Crippen LogP contribution in [0.15, 0.2) is 23.9 Å². The molecule has 0 spiro atoms. The van der Waals surface area contributed by atoms with E-state index in [1.165, 1.54) is 12.7 Å². The van der Waals surface area contributed by atoms with E-state index in [1.54, 1.807) is 16.8 Å². The smallest absolute Gasteiger partial charge is 0.354 e. The van der Waals surface area contributed by atoms with Crippen LogP contribution in [0.2, 0.25) is 0 Å². The lowest BCUT2D eigenvalue weighted by Gasteiger charge is -2.04. The molecule has 0 aliphatic rings. The SMILES string of the molecule is COC(=O)c1cc(N)cn1CC=C(C)C. The summed E-state index contributed by atoms with van der Waals surface area (Å²) in [5, 5.41) is 0. The van der Waals surface area contributed by atoms with E-state index in [4.69, 9.17) is 5.73 Å². The number of carbonyl (C=O) groups excluding carboxylic acids is 1. The van der Waals surface area contributed by atoms with E-state index in [2.05, 4.69) is 4.74 Å². The molecule has 1 aromatic heterocycles. The Labute approximate surface area is 89.3 Å². The Morgan fingerprint density at radius 1 is 1.60 bits per heavy atom. The second kappa shape index (κ2) is 4.68.